The second-order valence-corrected chi connectivity index (χ2v) is 6.81. The summed E-state index contributed by atoms with van der Waals surface area (Å²) in [7, 11) is -0.319. The van der Waals surface area contributed by atoms with E-state index in [1.165, 1.54) is 11.4 Å². The van der Waals surface area contributed by atoms with Gasteiger partial charge in [0.1, 0.15) is 10.6 Å². The highest BCUT2D eigenvalue weighted by atomic mass is 32.2. The molecule has 0 fully saturated rings. The van der Waals surface area contributed by atoms with Gasteiger partial charge in [-0.05, 0) is 31.7 Å². The van der Waals surface area contributed by atoms with Crippen LogP contribution < -0.4 is 10.1 Å². The molecule has 0 aliphatic carbocycles. The van der Waals surface area contributed by atoms with Crippen LogP contribution in [0.25, 0.3) is 0 Å². The first-order valence-corrected chi connectivity index (χ1v) is 8.26. The number of likely N-dealkylation sites (N-methyl/N-ethyl adjacent to an activating group) is 1. The Morgan fingerprint density at radius 3 is 2.57 bits per heavy atom. The lowest BCUT2D eigenvalue weighted by atomic mass is 10.2. The van der Waals surface area contributed by atoms with E-state index >= 15 is 0 Å². The quantitative estimate of drug-likeness (QED) is 0.746. The fourth-order valence-electron chi connectivity index (χ4n) is 2.04. The first-order chi connectivity index (χ1) is 9.86. The Hall–Kier alpha value is -1.37. The van der Waals surface area contributed by atoms with Gasteiger partial charge in [0.25, 0.3) is 0 Å². The molecule has 0 bridgehead atoms. The van der Waals surface area contributed by atoms with Crippen LogP contribution in [-0.2, 0) is 16.6 Å². The minimum absolute atomic E-state index is 0.195. The highest BCUT2D eigenvalue weighted by Gasteiger charge is 2.26. The molecule has 0 spiro atoms. The summed E-state index contributed by atoms with van der Waals surface area (Å²) in [5.41, 5.74) is 1.69. The van der Waals surface area contributed by atoms with E-state index in [1.54, 1.807) is 12.1 Å². The van der Waals surface area contributed by atoms with Crippen LogP contribution in [0, 0.1) is 0 Å². The van der Waals surface area contributed by atoms with E-state index in [-0.39, 0.29) is 4.90 Å². The fourth-order valence-corrected chi connectivity index (χ4v) is 3.76. The Labute approximate surface area is 127 Å². The normalized spacial score (nSPS) is 11.7. The van der Waals surface area contributed by atoms with Crippen molar-refractivity contribution in [3.8, 4) is 5.75 Å². The maximum Gasteiger partial charge on any atom is 0.247 e. The molecule has 0 saturated heterocycles. The fraction of sp³-hybridized carbons (Fsp3) is 0.467. The second kappa shape index (κ2) is 7.59. The van der Waals surface area contributed by atoms with Crippen molar-refractivity contribution in [2.75, 3.05) is 27.2 Å². The van der Waals surface area contributed by atoms with Crippen molar-refractivity contribution in [2.45, 2.75) is 25.3 Å². The van der Waals surface area contributed by atoms with Crippen molar-refractivity contribution < 1.29 is 13.2 Å². The van der Waals surface area contributed by atoms with E-state index in [0.717, 1.165) is 11.1 Å². The summed E-state index contributed by atoms with van der Waals surface area (Å²) in [5.74, 6) is 0.356. The molecule has 0 aliphatic heterocycles. The first-order valence-electron chi connectivity index (χ1n) is 6.82. The van der Waals surface area contributed by atoms with Crippen LogP contribution in [0.4, 0.5) is 0 Å². The Morgan fingerprint density at radius 1 is 1.43 bits per heavy atom. The highest BCUT2D eigenvalue weighted by Crippen LogP contribution is 2.28. The summed E-state index contributed by atoms with van der Waals surface area (Å²) in [4.78, 5) is 0.195. The average Bonchev–Trinajstić information content (AvgIpc) is 2.44. The Bertz CT molecular complexity index is 597. The minimum Gasteiger partial charge on any atom is -0.495 e. The van der Waals surface area contributed by atoms with E-state index < -0.39 is 10.0 Å². The molecule has 0 heterocycles. The molecule has 0 radical (unpaired) electrons. The molecule has 118 valence electrons. The Kier molecular flexibility index (Phi) is 6.39. The van der Waals surface area contributed by atoms with Crippen molar-refractivity contribution in [1.29, 1.82) is 0 Å². The van der Waals surface area contributed by atoms with Gasteiger partial charge in [-0.15, -0.1) is 0 Å². The standard InChI is InChI=1S/C15H24N2O3S/c1-6-17(11-12(2)3)21(18,19)15-9-13(10-16-4)7-8-14(15)20-5/h7-9,16H,2,6,10-11H2,1,3-5H3. The summed E-state index contributed by atoms with van der Waals surface area (Å²) in [5, 5.41) is 3.01. The number of hydrogen-bond acceptors (Lipinski definition) is 4. The molecule has 0 atom stereocenters. The van der Waals surface area contributed by atoms with Gasteiger partial charge in [0.2, 0.25) is 10.0 Å². The van der Waals surface area contributed by atoms with E-state index in [2.05, 4.69) is 11.9 Å². The number of hydrogen-bond donors (Lipinski definition) is 1. The lowest BCUT2D eigenvalue weighted by molar-refractivity contribution is 0.396. The molecule has 0 saturated carbocycles. The summed E-state index contributed by atoms with van der Waals surface area (Å²) < 4.78 is 32.3. The zero-order chi connectivity index (χ0) is 16.0. The summed E-state index contributed by atoms with van der Waals surface area (Å²) >= 11 is 0. The van der Waals surface area contributed by atoms with E-state index in [1.807, 2.05) is 27.0 Å². The summed E-state index contributed by atoms with van der Waals surface area (Å²) in [6.07, 6.45) is 0. The monoisotopic (exact) mass is 312 g/mol. The second-order valence-electron chi connectivity index (χ2n) is 4.90. The molecule has 0 unspecified atom stereocenters. The van der Waals surface area contributed by atoms with Crippen molar-refractivity contribution in [3.05, 3.63) is 35.9 Å². The van der Waals surface area contributed by atoms with Gasteiger partial charge < -0.3 is 10.1 Å². The van der Waals surface area contributed by atoms with E-state index in [0.29, 0.717) is 25.4 Å². The maximum atomic E-state index is 12.8. The average molecular weight is 312 g/mol. The topological polar surface area (TPSA) is 58.6 Å². The number of benzene rings is 1. The molecule has 1 rings (SSSR count). The van der Waals surface area contributed by atoms with E-state index in [9.17, 15) is 8.42 Å². The van der Waals surface area contributed by atoms with Gasteiger partial charge in [-0.2, -0.15) is 4.31 Å². The van der Waals surface area contributed by atoms with Crippen molar-refractivity contribution in [1.82, 2.24) is 9.62 Å². The summed E-state index contributed by atoms with van der Waals surface area (Å²) in [6.45, 7) is 8.70. The molecule has 5 nitrogen and oxygen atoms in total. The SMILES string of the molecule is C=C(C)CN(CC)S(=O)(=O)c1cc(CNC)ccc1OC. The molecule has 1 aromatic carbocycles. The number of sulfonamides is 1. The van der Waals surface area contributed by atoms with Crippen LogP contribution in [-0.4, -0.2) is 40.0 Å². The predicted octanol–water partition coefficient (Wildman–Crippen LogP) is 2.00. The number of nitrogens with one attached hydrogen (secondary N) is 1. The van der Waals surface area contributed by atoms with Crippen LogP contribution in [0.3, 0.4) is 0 Å². The van der Waals surface area contributed by atoms with Crippen LogP contribution in [0.1, 0.15) is 19.4 Å². The Balaban J connectivity index is 3.33. The Morgan fingerprint density at radius 2 is 2.10 bits per heavy atom. The maximum absolute atomic E-state index is 12.8. The number of ether oxygens (including phenoxy) is 1. The molecule has 1 N–H and O–H groups in total. The van der Waals surface area contributed by atoms with Gasteiger partial charge in [-0.25, -0.2) is 8.42 Å². The third-order valence-corrected chi connectivity index (χ3v) is 4.97. The zero-order valence-electron chi connectivity index (χ0n) is 13.1. The van der Waals surface area contributed by atoms with Gasteiger partial charge in [0.15, 0.2) is 0 Å². The van der Waals surface area contributed by atoms with Gasteiger partial charge in [-0.1, -0.05) is 25.1 Å². The molecular formula is C15H24N2O3S. The smallest absolute Gasteiger partial charge is 0.247 e. The van der Waals surface area contributed by atoms with Crippen LogP contribution in [0.2, 0.25) is 0 Å². The van der Waals surface area contributed by atoms with Crippen LogP contribution in [0.15, 0.2) is 35.2 Å². The third-order valence-electron chi connectivity index (χ3n) is 3.03. The van der Waals surface area contributed by atoms with E-state index in [4.69, 9.17) is 4.74 Å². The van der Waals surface area contributed by atoms with Crippen molar-refractivity contribution in [2.24, 2.45) is 0 Å². The van der Waals surface area contributed by atoms with Gasteiger partial charge >= 0.3 is 0 Å². The van der Waals surface area contributed by atoms with Gasteiger partial charge in [0, 0.05) is 19.6 Å². The van der Waals surface area contributed by atoms with Crippen molar-refractivity contribution >= 4 is 10.0 Å². The van der Waals surface area contributed by atoms with Gasteiger partial charge in [-0.3, -0.25) is 0 Å². The van der Waals surface area contributed by atoms with Crippen molar-refractivity contribution in [3.63, 3.8) is 0 Å². The number of rotatable bonds is 8. The minimum atomic E-state index is -3.61. The molecule has 1 aromatic rings. The predicted molar refractivity (Wildman–Crippen MR) is 85.0 cm³/mol. The van der Waals surface area contributed by atoms with Gasteiger partial charge in [0.05, 0.1) is 7.11 Å². The molecule has 0 amide bonds. The largest absolute Gasteiger partial charge is 0.495 e. The molecule has 0 aliphatic rings. The van der Waals surface area contributed by atoms with Crippen LogP contribution >= 0.6 is 0 Å². The molecule has 6 heteroatoms. The summed E-state index contributed by atoms with van der Waals surface area (Å²) in [6, 6.07) is 5.20. The lowest BCUT2D eigenvalue weighted by Crippen LogP contribution is -2.32. The number of nitrogens with zero attached hydrogens (tertiary/aromatic N) is 1. The molecule has 0 aromatic heterocycles. The molecule has 21 heavy (non-hydrogen) atoms. The highest BCUT2D eigenvalue weighted by molar-refractivity contribution is 7.89. The third kappa shape index (κ3) is 4.30. The molecular weight excluding hydrogens is 288 g/mol. The van der Waals surface area contributed by atoms with Crippen LogP contribution in [0.5, 0.6) is 5.75 Å². The zero-order valence-corrected chi connectivity index (χ0v) is 14.0. The first kappa shape index (κ1) is 17.7. The number of methoxy groups -OCH3 is 1. The lowest BCUT2D eigenvalue weighted by Gasteiger charge is -2.22.